The number of hydrogen-bond acceptors (Lipinski definition) is 2. The summed E-state index contributed by atoms with van der Waals surface area (Å²) in [5.41, 5.74) is 21.7. The van der Waals surface area contributed by atoms with E-state index in [1.54, 1.807) is 0 Å². The molecule has 12 rings (SSSR count). The van der Waals surface area contributed by atoms with Gasteiger partial charge >= 0.3 is 0 Å². The fraction of sp³-hybridized carbons (Fsp3) is 0.100. The minimum Gasteiger partial charge on any atom is -0.311 e. The molecule has 10 aromatic rings. The van der Waals surface area contributed by atoms with Gasteiger partial charge in [-0.2, -0.15) is 0 Å². The van der Waals surface area contributed by atoms with E-state index in [1.165, 1.54) is 98.1 Å². The minimum atomic E-state index is -0.0878. The summed E-state index contributed by atoms with van der Waals surface area (Å²) in [6.45, 7) is 9.45. The summed E-state index contributed by atoms with van der Waals surface area (Å²) in [6, 6.07) is 74.6. The average Bonchev–Trinajstić information content (AvgIpc) is 3.90. The number of thiophene rings is 1. The van der Waals surface area contributed by atoms with Crippen LogP contribution in [0, 0.1) is 0 Å². The molecule has 0 radical (unpaired) electrons. The average molecular weight is 812 g/mol. The van der Waals surface area contributed by atoms with Crippen LogP contribution in [0.25, 0.3) is 75.8 Å². The van der Waals surface area contributed by atoms with Gasteiger partial charge in [-0.1, -0.05) is 179 Å². The smallest absolute Gasteiger partial charge is 0.0462 e. The van der Waals surface area contributed by atoms with Crippen LogP contribution in [0.4, 0.5) is 17.1 Å². The Balaban J connectivity index is 0.936. The zero-order valence-electron chi connectivity index (χ0n) is 35.4. The molecule has 0 atom stereocenters. The molecule has 0 bridgehead atoms. The second kappa shape index (κ2) is 13.8. The van der Waals surface area contributed by atoms with Crippen molar-refractivity contribution in [3.05, 3.63) is 222 Å². The van der Waals surface area contributed by atoms with Crippen molar-refractivity contribution in [2.75, 3.05) is 4.90 Å². The lowest BCUT2D eigenvalue weighted by atomic mass is 9.79. The molecular formula is C60H45NS. The van der Waals surface area contributed by atoms with Gasteiger partial charge in [0, 0.05) is 48.1 Å². The summed E-state index contributed by atoms with van der Waals surface area (Å²) in [7, 11) is 0. The van der Waals surface area contributed by atoms with Crippen molar-refractivity contribution >= 4 is 48.6 Å². The maximum Gasteiger partial charge on any atom is 0.0462 e. The Morgan fingerprint density at radius 3 is 1.50 bits per heavy atom. The van der Waals surface area contributed by atoms with E-state index in [2.05, 4.69) is 233 Å². The normalized spacial score (nSPS) is 14.1. The Morgan fingerprint density at radius 1 is 0.339 bits per heavy atom. The van der Waals surface area contributed by atoms with Crippen LogP contribution in [0.2, 0.25) is 0 Å². The van der Waals surface area contributed by atoms with E-state index in [1.807, 2.05) is 11.3 Å². The molecule has 1 nitrogen and oxygen atoms in total. The first-order valence-corrected chi connectivity index (χ1v) is 22.6. The second-order valence-electron chi connectivity index (χ2n) is 18.1. The Hall–Kier alpha value is -7.00. The number of nitrogens with zero attached hydrogens (tertiary/aromatic N) is 1. The summed E-state index contributed by atoms with van der Waals surface area (Å²) >= 11 is 1.88. The molecule has 0 fully saturated rings. The number of anilines is 3. The van der Waals surface area contributed by atoms with Gasteiger partial charge in [0.1, 0.15) is 0 Å². The van der Waals surface area contributed by atoms with Gasteiger partial charge in [0.05, 0.1) is 0 Å². The molecule has 2 heteroatoms. The summed E-state index contributed by atoms with van der Waals surface area (Å²) < 4.78 is 2.66. The molecule has 296 valence electrons. The Bertz CT molecular complexity index is 3380. The number of benzene rings is 9. The molecular weight excluding hydrogens is 767 g/mol. The standard InChI is InChI=1S/C60H45NS/c1-59(2)53-20-8-5-13-47(53)49-36-29-41(37-55(49)59)38-23-30-42(31-24-38)61(44-34-27-40(28-35-44)46-17-12-19-52-50-15-7-10-22-56(50)62-58(46)52)43-32-25-39(26-33-43)45-16-11-18-51-48-14-6-9-21-54(48)60(3,4)57(45)51/h5-37H,1-4H3. The van der Waals surface area contributed by atoms with Gasteiger partial charge in [0.2, 0.25) is 0 Å². The van der Waals surface area contributed by atoms with Crippen LogP contribution in [0.15, 0.2) is 200 Å². The highest BCUT2D eigenvalue weighted by Crippen LogP contribution is 2.53. The predicted octanol–water partition coefficient (Wildman–Crippen LogP) is 17.1. The molecule has 1 heterocycles. The van der Waals surface area contributed by atoms with Crippen LogP contribution < -0.4 is 4.90 Å². The molecule has 0 amide bonds. The SMILES string of the molecule is CC1(C)c2ccccc2-c2ccc(-c3ccc(N(c4ccc(-c5cccc6c5C(C)(C)c5ccccc5-6)cc4)c4ccc(-c5cccc6c5sc5ccccc56)cc4)cc3)cc21. The molecule has 0 saturated heterocycles. The highest BCUT2D eigenvalue weighted by atomic mass is 32.1. The number of hydrogen-bond donors (Lipinski definition) is 0. The van der Waals surface area contributed by atoms with Crippen LogP contribution in [0.1, 0.15) is 49.9 Å². The molecule has 62 heavy (non-hydrogen) atoms. The van der Waals surface area contributed by atoms with Gasteiger partial charge in [-0.25, -0.2) is 0 Å². The van der Waals surface area contributed by atoms with Crippen LogP contribution in [-0.4, -0.2) is 0 Å². The summed E-state index contributed by atoms with van der Waals surface area (Å²) in [5.74, 6) is 0. The van der Waals surface area contributed by atoms with Crippen molar-refractivity contribution in [3.63, 3.8) is 0 Å². The highest BCUT2D eigenvalue weighted by Gasteiger charge is 2.37. The quantitative estimate of drug-likeness (QED) is 0.162. The number of rotatable bonds is 6. The minimum absolute atomic E-state index is 0.0426. The van der Waals surface area contributed by atoms with Gasteiger partial charge in [0.25, 0.3) is 0 Å². The monoisotopic (exact) mass is 811 g/mol. The molecule has 0 unspecified atom stereocenters. The summed E-state index contributed by atoms with van der Waals surface area (Å²) in [6.07, 6.45) is 0. The van der Waals surface area contributed by atoms with Crippen molar-refractivity contribution in [3.8, 4) is 55.6 Å². The molecule has 0 saturated carbocycles. The summed E-state index contributed by atoms with van der Waals surface area (Å²) in [4.78, 5) is 2.40. The van der Waals surface area contributed by atoms with Crippen LogP contribution in [0.5, 0.6) is 0 Å². The van der Waals surface area contributed by atoms with E-state index in [4.69, 9.17) is 0 Å². The van der Waals surface area contributed by atoms with Crippen molar-refractivity contribution < 1.29 is 0 Å². The lowest BCUT2D eigenvalue weighted by Gasteiger charge is -2.27. The van der Waals surface area contributed by atoms with E-state index < -0.39 is 0 Å². The maximum absolute atomic E-state index is 2.41. The fourth-order valence-electron chi connectivity index (χ4n) is 10.8. The lowest BCUT2D eigenvalue weighted by molar-refractivity contribution is 0.660. The second-order valence-corrected chi connectivity index (χ2v) is 19.1. The topological polar surface area (TPSA) is 3.24 Å². The van der Waals surface area contributed by atoms with Gasteiger partial charge in [-0.15, -0.1) is 11.3 Å². The van der Waals surface area contributed by atoms with Crippen LogP contribution in [0.3, 0.4) is 0 Å². The first-order valence-electron chi connectivity index (χ1n) is 21.8. The van der Waals surface area contributed by atoms with Crippen molar-refractivity contribution in [2.24, 2.45) is 0 Å². The van der Waals surface area contributed by atoms with E-state index in [9.17, 15) is 0 Å². The summed E-state index contributed by atoms with van der Waals surface area (Å²) in [5, 5.41) is 2.65. The Labute approximate surface area is 368 Å². The van der Waals surface area contributed by atoms with Gasteiger partial charge in [0.15, 0.2) is 0 Å². The molecule has 1 aromatic heterocycles. The third-order valence-corrected chi connectivity index (χ3v) is 15.1. The lowest BCUT2D eigenvalue weighted by Crippen LogP contribution is -2.16. The van der Waals surface area contributed by atoms with Crippen molar-refractivity contribution in [1.82, 2.24) is 0 Å². The maximum atomic E-state index is 2.41. The van der Waals surface area contributed by atoms with Crippen molar-refractivity contribution in [2.45, 2.75) is 38.5 Å². The molecule has 2 aliphatic carbocycles. The zero-order valence-corrected chi connectivity index (χ0v) is 36.2. The number of fused-ring (bicyclic) bond motifs is 9. The van der Waals surface area contributed by atoms with E-state index in [-0.39, 0.29) is 10.8 Å². The molecule has 9 aromatic carbocycles. The van der Waals surface area contributed by atoms with E-state index in [0.717, 1.165) is 17.1 Å². The first kappa shape index (κ1) is 36.8. The zero-order chi connectivity index (χ0) is 41.7. The van der Waals surface area contributed by atoms with E-state index >= 15 is 0 Å². The Kier molecular flexibility index (Phi) is 8.17. The van der Waals surface area contributed by atoms with Crippen LogP contribution in [-0.2, 0) is 10.8 Å². The third-order valence-electron chi connectivity index (χ3n) is 13.9. The third kappa shape index (κ3) is 5.53. The molecule has 2 aliphatic rings. The Morgan fingerprint density at radius 2 is 0.806 bits per heavy atom. The van der Waals surface area contributed by atoms with Gasteiger partial charge in [-0.3, -0.25) is 0 Å². The van der Waals surface area contributed by atoms with Crippen molar-refractivity contribution in [1.29, 1.82) is 0 Å². The molecule has 0 aliphatic heterocycles. The fourth-order valence-corrected chi connectivity index (χ4v) is 12.0. The van der Waals surface area contributed by atoms with Gasteiger partial charge in [-0.05, 0) is 126 Å². The highest BCUT2D eigenvalue weighted by molar-refractivity contribution is 7.26. The molecule has 0 N–H and O–H groups in total. The first-order chi connectivity index (χ1) is 30.3. The predicted molar refractivity (Wildman–Crippen MR) is 265 cm³/mol. The largest absolute Gasteiger partial charge is 0.311 e. The van der Waals surface area contributed by atoms with Crippen LogP contribution >= 0.6 is 11.3 Å². The van der Waals surface area contributed by atoms with E-state index in [0.29, 0.717) is 0 Å². The van der Waals surface area contributed by atoms with Gasteiger partial charge < -0.3 is 4.90 Å². The molecule has 0 spiro atoms.